The fraction of sp³-hybridized carbons (Fsp3) is 0.500. The number of carboxylic acids is 1. The Bertz CT molecular complexity index is 411. The monoisotopic (exact) mass is 249 g/mol. The number of anilines is 1. The molecule has 4 nitrogen and oxygen atoms in total. The molecule has 98 valence electrons. The molecule has 1 N–H and O–H groups in total. The molecule has 0 bridgehead atoms. The third-order valence-corrected chi connectivity index (χ3v) is 3.34. The van der Waals surface area contributed by atoms with E-state index in [1.165, 1.54) is 12.8 Å². The van der Waals surface area contributed by atoms with Gasteiger partial charge in [-0.3, -0.25) is 0 Å². The fourth-order valence-corrected chi connectivity index (χ4v) is 2.23. The first-order valence-electron chi connectivity index (χ1n) is 6.35. The molecule has 4 heteroatoms. The van der Waals surface area contributed by atoms with E-state index in [1.807, 2.05) is 24.3 Å². The summed E-state index contributed by atoms with van der Waals surface area (Å²) in [4.78, 5) is 12.8. The summed E-state index contributed by atoms with van der Waals surface area (Å²) in [6, 6.07) is 7.65. The molecule has 0 aliphatic carbocycles. The topological polar surface area (TPSA) is 49.8 Å². The standard InChI is InChI=1S/C14H19NO3/c1-11-6-8-15(9-7-11)12-4-2-3-5-13(12)18-10-14(16)17/h2-5,11H,6-10H2,1H3,(H,16,17). The zero-order valence-electron chi connectivity index (χ0n) is 10.6. The van der Waals surface area contributed by atoms with Crippen molar-refractivity contribution in [1.29, 1.82) is 0 Å². The van der Waals surface area contributed by atoms with Crippen LogP contribution in [0.3, 0.4) is 0 Å². The van der Waals surface area contributed by atoms with Gasteiger partial charge in [0.2, 0.25) is 0 Å². The van der Waals surface area contributed by atoms with Gasteiger partial charge in [-0.05, 0) is 30.9 Å². The van der Waals surface area contributed by atoms with Gasteiger partial charge in [-0.15, -0.1) is 0 Å². The van der Waals surface area contributed by atoms with E-state index >= 15 is 0 Å². The average molecular weight is 249 g/mol. The fourth-order valence-electron chi connectivity index (χ4n) is 2.23. The normalized spacial score (nSPS) is 16.6. The molecule has 1 aromatic rings. The molecular weight excluding hydrogens is 230 g/mol. The van der Waals surface area contributed by atoms with Crippen LogP contribution in [0.25, 0.3) is 0 Å². The second-order valence-corrected chi connectivity index (χ2v) is 4.82. The van der Waals surface area contributed by atoms with Crippen LogP contribution in [0, 0.1) is 5.92 Å². The Morgan fingerprint density at radius 2 is 2.06 bits per heavy atom. The number of para-hydroxylation sites is 2. The van der Waals surface area contributed by atoms with E-state index in [4.69, 9.17) is 9.84 Å². The maximum atomic E-state index is 10.6. The molecule has 1 saturated heterocycles. The molecule has 0 atom stereocenters. The van der Waals surface area contributed by atoms with Crippen LogP contribution in [-0.2, 0) is 4.79 Å². The van der Waals surface area contributed by atoms with Gasteiger partial charge in [0.1, 0.15) is 5.75 Å². The largest absolute Gasteiger partial charge is 0.480 e. The lowest BCUT2D eigenvalue weighted by molar-refractivity contribution is -0.139. The molecule has 1 aliphatic rings. The molecule has 2 rings (SSSR count). The summed E-state index contributed by atoms with van der Waals surface area (Å²) in [7, 11) is 0. The second-order valence-electron chi connectivity index (χ2n) is 4.82. The Hall–Kier alpha value is -1.71. The molecule has 0 unspecified atom stereocenters. The van der Waals surface area contributed by atoms with E-state index < -0.39 is 5.97 Å². The smallest absolute Gasteiger partial charge is 0.341 e. The summed E-state index contributed by atoms with van der Waals surface area (Å²) in [6.07, 6.45) is 2.35. The van der Waals surface area contributed by atoms with Crippen LogP contribution in [0.2, 0.25) is 0 Å². The zero-order valence-corrected chi connectivity index (χ0v) is 10.6. The molecule has 0 radical (unpaired) electrons. The van der Waals surface area contributed by atoms with Gasteiger partial charge in [0.25, 0.3) is 0 Å². The molecule has 18 heavy (non-hydrogen) atoms. The van der Waals surface area contributed by atoms with Gasteiger partial charge in [0.15, 0.2) is 6.61 Å². The number of aliphatic carboxylic acids is 1. The second kappa shape index (κ2) is 5.76. The summed E-state index contributed by atoms with van der Waals surface area (Å²) in [6.45, 7) is 3.99. The SMILES string of the molecule is CC1CCN(c2ccccc2OCC(=O)O)CC1. The molecule has 1 heterocycles. The Labute approximate surface area is 107 Å². The van der Waals surface area contributed by atoms with Crippen molar-refractivity contribution in [2.45, 2.75) is 19.8 Å². The molecular formula is C14H19NO3. The predicted octanol–water partition coefficient (Wildman–Crippen LogP) is 2.39. The Morgan fingerprint density at radius 3 is 2.72 bits per heavy atom. The van der Waals surface area contributed by atoms with Crippen LogP contribution in [-0.4, -0.2) is 30.8 Å². The van der Waals surface area contributed by atoms with Crippen molar-refractivity contribution in [2.24, 2.45) is 5.92 Å². The average Bonchev–Trinajstić information content (AvgIpc) is 2.38. The van der Waals surface area contributed by atoms with E-state index in [2.05, 4.69) is 11.8 Å². The molecule has 1 aromatic carbocycles. The highest BCUT2D eigenvalue weighted by Crippen LogP contribution is 2.31. The third-order valence-electron chi connectivity index (χ3n) is 3.34. The zero-order chi connectivity index (χ0) is 13.0. The van der Waals surface area contributed by atoms with E-state index in [1.54, 1.807) is 0 Å². The number of piperidine rings is 1. The van der Waals surface area contributed by atoms with Gasteiger partial charge in [-0.2, -0.15) is 0 Å². The number of ether oxygens (including phenoxy) is 1. The lowest BCUT2D eigenvalue weighted by Gasteiger charge is -2.33. The molecule has 0 amide bonds. The quantitative estimate of drug-likeness (QED) is 0.890. The van der Waals surface area contributed by atoms with E-state index in [0.29, 0.717) is 5.75 Å². The van der Waals surface area contributed by atoms with Gasteiger partial charge in [0.05, 0.1) is 5.69 Å². The van der Waals surface area contributed by atoms with Crippen LogP contribution in [0.15, 0.2) is 24.3 Å². The molecule has 1 aliphatic heterocycles. The van der Waals surface area contributed by atoms with Gasteiger partial charge in [-0.25, -0.2) is 4.79 Å². The van der Waals surface area contributed by atoms with Crippen LogP contribution in [0.5, 0.6) is 5.75 Å². The van der Waals surface area contributed by atoms with Crippen LogP contribution < -0.4 is 9.64 Å². The van der Waals surface area contributed by atoms with Crippen molar-refractivity contribution in [3.63, 3.8) is 0 Å². The van der Waals surface area contributed by atoms with Crippen molar-refractivity contribution >= 4 is 11.7 Å². The lowest BCUT2D eigenvalue weighted by Crippen LogP contribution is -2.33. The number of rotatable bonds is 4. The van der Waals surface area contributed by atoms with Crippen LogP contribution in [0.4, 0.5) is 5.69 Å². The highest BCUT2D eigenvalue weighted by atomic mass is 16.5. The number of carboxylic acid groups (broad SMARTS) is 1. The van der Waals surface area contributed by atoms with Crippen molar-refractivity contribution in [3.8, 4) is 5.75 Å². The highest BCUT2D eigenvalue weighted by molar-refractivity contribution is 5.69. The lowest BCUT2D eigenvalue weighted by atomic mass is 9.99. The number of nitrogens with zero attached hydrogens (tertiary/aromatic N) is 1. The molecule has 0 aromatic heterocycles. The van der Waals surface area contributed by atoms with Crippen molar-refractivity contribution in [3.05, 3.63) is 24.3 Å². The number of hydrogen-bond acceptors (Lipinski definition) is 3. The minimum Gasteiger partial charge on any atom is -0.480 e. The van der Waals surface area contributed by atoms with Crippen LogP contribution in [0.1, 0.15) is 19.8 Å². The number of carbonyl (C=O) groups is 1. The van der Waals surface area contributed by atoms with Crippen molar-refractivity contribution in [2.75, 3.05) is 24.6 Å². The summed E-state index contributed by atoms with van der Waals surface area (Å²) in [5.74, 6) is 0.486. The first-order valence-corrected chi connectivity index (χ1v) is 6.35. The first-order chi connectivity index (χ1) is 8.66. The summed E-state index contributed by atoms with van der Waals surface area (Å²) in [5, 5.41) is 8.67. The maximum Gasteiger partial charge on any atom is 0.341 e. The number of benzene rings is 1. The van der Waals surface area contributed by atoms with Gasteiger partial charge >= 0.3 is 5.97 Å². The van der Waals surface area contributed by atoms with Gasteiger partial charge in [-0.1, -0.05) is 19.1 Å². The van der Waals surface area contributed by atoms with E-state index in [9.17, 15) is 4.79 Å². The summed E-state index contributed by atoms with van der Waals surface area (Å²) >= 11 is 0. The third kappa shape index (κ3) is 3.15. The first kappa shape index (κ1) is 12.7. The van der Waals surface area contributed by atoms with E-state index in [0.717, 1.165) is 24.7 Å². The molecule has 0 spiro atoms. The van der Waals surface area contributed by atoms with Crippen molar-refractivity contribution in [1.82, 2.24) is 0 Å². The predicted molar refractivity (Wildman–Crippen MR) is 70.2 cm³/mol. The summed E-state index contributed by atoms with van der Waals surface area (Å²) in [5.41, 5.74) is 1.01. The molecule has 1 fully saturated rings. The Balaban J connectivity index is 2.09. The minimum atomic E-state index is -0.947. The van der Waals surface area contributed by atoms with Gasteiger partial charge in [0, 0.05) is 13.1 Å². The van der Waals surface area contributed by atoms with E-state index in [-0.39, 0.29) is 6.61 Å². The Morgan fingerprint density at radius 1 is 1.39 bits per heavy atom. The van der Waals surface area contributed by atoms with Gasteiger partial charge < -0.3 is 14.7 Å². The maximum absolute atomic E-state index is 10.6. The van der Waals surface area contributed by atoms with Crippen LogP contribution >= 0.6 is 0 Å². The highest BCUT2D eigenvalue weighted by Gasteiger charge is 2.18. The number of hydrogen-bond donors (Lipinski definition) is 1. The molecule has 0 saturated carbocycles. The summed E-state index contributed by atoms with van der Waals surface area (Å²) < 4.78 is 5.34. The Kier molecular flexibility index (Phi) is 4.07. The minimum absolute atomic E-state index is 0.290. The van der Waals surface area contributed by atoms with Crippen molar-refractivity contribution < 1.29 is 14.6 Å².